The third-order valence-electron chi connectivity index (χ3n) is 4.45. The monoisotopic (exact) mass is 390 g/mol. The van der Waals surface area contributed by atoms with Gasteiger partial charge in [-0.25, -0.2) is 9.18 Å². The molecule has 0 saturated carbocycles. The fourth-order valence-corrected chi connectivity index (χ4v) is 3.00. The molecule has 28 heavy (non-hydrogen) atoms. The Balaban J connectivity index is 1.51. The molecule has 3 rings (SSSR count). The molecule has 1 fully saturated rings. The lowest BCUT2D eigenvalue weighted by Crippen LogP contribution is -2.46. The largest absolute Gasteiger partial charge is 0.475 e. The Hall–Kier alpha value is -2.87. The Morgan fingerprint density at radius 2 is 1.89 bits per heavy atom. The zero-order valence-electron chi connectivity index (χ0n) is 15.7. The van der Waals surface area contributed by atoms with E-state index in [1.54, 1.807) is 19.1 Å². The van der Waals surface area contributed by atoms with Crippen molar-refractivity contribution in [3.63, 3.8) is 0 Å². The highest BCUT2D eigenvalue weighted by molar-refractivity contribution is 5.71. The van der Waals surface area contributed by atoms with Crippen molar-refractivity contribution in [3.8, 4) is 5.75 Å². The first-order valence-electron chi connectivity index (χ1n) is 9.18. The van der Waals surface area contributed by atoms with Crippen LogP contribution < -0.4 is 15.1 Å². The summed E-state index contributed by atoms with van der Waals surface area (Å²) in [6.07, 6.45) is 1.23. The lowest BCUT2D eigenvalue weighted by molar-refractivity contribution is -0.145. The standard InChI is InChI=1S/C20H23FN2O5/c1-2-26-20(25)14-28-19-13-27-17(11-18(19)24)12-22-7-9-23(10-8-22)16-5-3-15(21)4-6-16/h3-6,11,13H,2,7-10,12,14H2,1H3. The van der Waals surface area contributed by atoms with Gasteiger partial charge in [-0.2, -0.15) is 0 Å². The molecule has 0 spiro atoms. The minimum absolute atomic E-state index is 0.0158. The number of piperazine rings is 1. The predicted molar refractivity (Wildman–Crippen MR) is 101 cm³/mol. The van der Waals surface area contributed by atoms with Crippen molar-refractivity contribution in [3.05, 3.63) is 58.4 Å². The maximum absolute atomic E-state index is 13.0. The summed E-state index contributed by atoms with van der Waals surface area (Å²) in [5.74, 6) is -0.265. The summed E-state index contributed by atoms with van der Waals surface area (Å²) in [7, 11) is 0. The molecule has 8 heteroatoms. The Labute approximate surface area is 162 Å². The lowest BCUT2D eigenvalue weighted by Gasteiger charge is -2.35. The van der Waals surface area contributed by atoms with Crippen LogP contribution in [0.15, 0.2) is 45.8 Å². The van der Waals surface area contributed by atoms with Crippen LogP contribution in [0.3, 0.4) is 0 Å². The molecule has 1 saturated heterocycles. The third-order valence-corrected chi connectivity index (χ3v) is 4.45. The Morgan fingerprint density at radius 3 is 2.54 bits per heavy atom. The van der Waals surface area contributed by atoms with Gasteiger partial charge < -0.3 is 18.8 Å². The molecule has 1 aromatic carbocycles. The van der Waals surface area contributed by atoms with Gasteiger partial charge in [-0.3, -0.25) is 9.69 Å². The molecule has 0 atom stereocenters. The summed E-state index contributed by atoms with van der Waals surface area (Å²) < 4.78 is 28.4. The van der Waals surface area contributed by atoms with Crippen LogP contribution in [0, 0.1) is 5.82 Å². The van der Waals surface area contributed by atoms with Gasteiger partial charge in [-0.15, -0.1) is 0 Å². The number of hydrogen-bond donors (Lipinski definition) is 0. The minimum Gasteiger partial charge on any atom is -0.475 e. The van der Waals surface area contributed by atoms with E-state index in [2.05, 4.69) is 9.80 Å². The first-order valence-corrected chi connectivity index (χ1v) is 9.18. The van der Waals surface area contributed by atoms with Crippen LogP contribution >= 0.6 is 0 Å². The quantitative estimate of drug-likeness (QED) is 0.670. The van der Waals surface area contributed by atoms with Gasteiger partial charge in [0.2, 0.25) is 11.2 Å². The van der Waals surface area contributed by atoms with Crippen LogP contribution in [0.1, 0.15) is 12.7 Å². The number of halogens is 1. The number of anilines is 1. The van der Waals surface area contributed by atoms with Crippen LogP contribution in [0.2, 0.25) is 0 Å². The second-order valence-electron chi connectivity index (χ2n) is 6.41. The maximum Gasteiger partial charge on any atom is 0.344 e. The Bertz CT molecular complexity index is 844. The molecule has 1 aliphatic rings. The van der Waals surface area contributed by atoms with Gasteiger partial charge in [0.25, 0.3) is 0 Å². The molecule has 7 nitrogen and oxygen atoms in total. The van der Waals surface area contributed by atoms with Gasteiger partial charge in [-0.1, -0.05) is 0 Å². The molecule has 1 aromatic heterocycles. The number of rotatable bonds is 7. The average molecular weight is 390 g/mol. The van der Waals surface area contributed by atoms with Gasteiger partial charge in [0.15, 0.2) is 6.61 Å². The van der Waals surface area contributed by atoms with Gasteiger partial charge in [-0.05, 0) is 31.2 Å². The van der Waals surface area contributed by atoms with Crippen molar-refractivity contribution < 1.29 is 23.1 Å². The predicted octanol–water partition coefficient (Wildman–Crippen LogP) is 2.04. The highest BCUT2D eigenvalue weighted by Crippen LogP contribution is 2.18. The number of benzene rings is 1. The normalized spacial score (nSPS) is 14.7. The first-order chi connectivity index (χ1) is 13.5. The molecule has 2 heterocycles. The van der Waals surface area contributed by atoms with E-state index in [1.165, 1.54) is 24.5 Å². The van der Waals surface area contributed by atoms with Gasteiger partial charge in [0, 0.05) is 37.9 Å². The minimum atomic E-state index is -0.537. The Kier molecular flexibility index (Phi) is 6.65. The fraction of sp³-hybridized carbons (Fsp3) is 0.400. The topological polar surface area (TPSA) is 72.2 Å². The van der Waals surface area contributed by atoms with E-state index >= 15 is 0 Å². The summed E-state index contributed by atoms with van der Waals surface area (Å²) in [5, 5.41) is 0. The molecular formula is C20H23FN2O5. The number of esters is 1. The number of nitrogens with zero attached hydrogens (tertiary/aromatic N) is 2. The molecule has 0 unspecified atom stereocenters. The number of carbonyl (C=O) groups is 1. The van der Waals surface area contributed by atoms with Crippen LogP contribution in [-0.2, 0) is 16.1 Å². The summed E-state index contributed by atoms with van der Waals surface area (Å²) in [4.78, 5) is 27.8. The zero-order chi connectivity index (χ0) is 19.9. The van der Waals surface area contributed by atoms with Crippen molar-refractivity contribution in [2.24, 2.45) is 0 Å². The second-order valence-corrected chi connectivity index (χ2v) is 6.41. The van der Waals surface area contributed by atoms with Crippen LogP contribution in [0.25, 0.3) is 0 Å². The molecule has 0 amide bonds. The first kappa shape index (κ1) is 19.9. The lowest BCUT2D eigenvalue weighted by atomic mass is 10.2. The van der Waals surface area contributed by atoms with Crippen molar-refractivity contribution >= 4 is 11.7 Å². The van der Waals surface area contributed by atoms with Gasteiger partial charge >= 0.3 is 5.97 Å². The molecule has 0 bridgehead atoms. The van der Waals surface area contributed by atoms with E-state index in [1.807, 2.05) is 0 Å². The van der Waals surface area contributed by atoms with Crippen LogP contribution in [0.5, 0.6) is 5.75 Å². The van der Waals surface area contributed by atoms with Crippen molar-refractivity contribution in [2.75, 3.05) is 44.3 Å². The fourth-order valence-electron chi connectivity index (χ4n) is 3.00. The molecule has 0 radical (unpaired) electrons. The highest BCUT2D eigenvalue weighted by atomic mass is 19.1. The summed E-state index contributed by atoms with van der Waals surface area (Å²) >= 11 is 0. The molecule has 150 valence electrons. The van der Waals surface area contributed by atoms with E-state index in [0.29, 0.717) is 12.3 Å². The molecule has 2 aromatic rings. The van der Waals surface area contributed by atoms with Gasteiger partial charge in [0.05, 0.1) is 13.2 Å². The van der Waals surface area contributed by atoms with E-state index < -0.39 is 5.97 Å². The van der Waals surface area contributed by atoms with E-state index in [-0.39, 0.29) is 30.2 Å². The van der Waals surface area contributed by atoms with Crippen LogP contribution in [-0.4, -0.2) is 50.3 Å². The van der Waals surface area contributed by atoms with Crippen molar-refractivity contribution in [1.29, 1.82) is 0 Å². The van der Waals surface area contributed by atoms with Crippen LogP contribution in [0.4, 0.5) is 10.1 Å². The number of hydrogen-bond acceptors (Lipinski definition) is 7. The molecular weight excluding hydrogens is 367 g/mol. The second kappa shape index (κ2) is 9.36. The average Bonchev–Trinajstić information content (AvgIpc) is 2.69. The van der Waals surface area contributed by atoms with Gasteiger partial charge in [0.1, 0.15) is 17.8 Å². The van der Waals surface area contributed by atoms with Crippen molar-refractivity contribution in [2.45, 2.75) is 13.5 Å². The number of carbonyl (C=O) groups excluding carboxylic acids is 1. The molecule has 1 aliphatic heterocycles. The molecule has 0 N–H and O–H groups in total. The third kappa shape index (κ3) is 5.32. The summed E-state index contributed by atoms with van der Waals surface area (Å²) in [6, 6.07) is 7.86. The van der Waals surface area contributed by atoms with E-state index in [9.17, 15) is 14.0 Å². The highest BCUT2D eigenvalue weighted by Gasteiger charge is 2.18. The molecule has 0 aliphatic carbocycles. The SMILES string of the molecule is CCOC(=O)COc1coc(CN2CCN(c3ccc(F)cc3)CC2)cc1=O. The maximum atomic E-state index is 13.0. The van der Waals surface area contributed by atoms with E-state index in [4.69, 9.17) is 13.9 Å². The summed E-state index contributed by atoms with van der Waals surface area (Å²) in [5.41, 5.74) is 0.658. The Morgan fingerprint density at radius 1 is 1.18 bits per heavy atom. The summed E-state index contributed by atoms with van der Waals surface area (Å²) in [6.45, 7) is 5.32. The van der Waals surface area contributed by atoms with Crippen molar-refractivity contribution in [1.82, 2.24) is 4.90 Å². The zero-order valence-corrected chi connectivity index (χ0v) is 15.7. The van der Waals surface area contributed by atoms with E-state index in [0.717, 1.165) is 31.9 Å². The number of ether oxygens (including phenoxy) is 2. The smallest absolute Gasteiger partial charge is 0.344 e.